The third-order valence-electron chi connectivity index (χ3n) is 3.36. The second-order valence-corrected chi connectivity index (χ2v) is 6.52. The molecule has 1 N–H and O–H groups in total. The molecule has 0 radical (unpaired) electrons. The quantitative estimate of drug-likeness (QED) is 0.827. The van der Waals surface area contributed by atoms with Crippen LogP contribution < -0.4 is 5.32 Å². The summed E-state index contributed by atoms with van der Waals surface area (Å²) < 4.78 is 5.65. The van der Waals surface area contributed by atoms with E-state index in [1.165, 1.54) is 22.9 Å². The SMILES string of the molecule is CCCNC(=O)[C@H](C)Sc1nnc(-c2ccc(C)c(C)c2)o1. The number of hydrogen-bond acceptors (Lipinski definition) is 5. The van der Waals surface area contributed by atoms with Crippen molar-refractivity contribution in [3.63, 3.8) is 0 Å². The van der Waals surface area contributed by atoms with Crippen LogP contribution in [0.25, 0.3) is 11.5 Å². The topological polar surface area (TPSA) is 68.0 Å². The summed E-state index contributed by atoms with van der Waals surface area (Å²) in [5.41, 5.74) is 3.29. The highest BCUT2D eigenvalue weighted by molar-refractivity contribution is 8.00. The first-order valence-corrected chi connectivity index (χ1v) is 8.24. The van der Waals surface area contributed by atoms with Gasteiger partial charge in [-0.25, -0.2) is 0 Å². The minimum Gasteiger partial charge on any atom is -0.411 e. The van der Waals surface area contributed by atoms with E-state index in [2.05, 4.69) is 22.4 Å². The van der Waals surface area contributed by atoms with Crippen LogP contribution in [0.2, 0.25) is 0 Å². The van der Waals surface area contributed by atoms with Crippen molar-refractivity contribution < 1.29 is 9.21 Å². The van der Waals surface area contributed by atoms with Gasteiger partial charge in [0.2, 0.25) is 11.8 Å². The second-order valence-electron chi connectivity index (χ2n) is 5.22. The zero-order chi connectivity index (χ0) is 16.1. The predicted octanol–water partition coefficient (Wildman–Crippen LogP) is 3.36. The molecule has 1 aromatic carbocycles. The summed E-state index contributed by atoms with van der Waals surface area (Å²) in [5.74, 6) is 0.463. The first kappa shape index (κ1) is 16.5. The van der Waals surface area contributed by atoms with Gasteiger partial charge in [0.05, 0.1) is 5.25 Å². The van der Waals surface area contributed by atoms with Crippen molar-refractivity contribution in [2.45, 2.75) is 44.6 Å². The molecular formula is C16H21N3O2S. The van der Waals surface area contributed by atoms with E-state index < -0.39 is 0 Å². The molecule has 0 saturated heterocycles. The van der Waals surface area contributed by atoms with Crippen LogP contribution in [0.5, 0.6) is 0 Å². The fraction of sp³-hybridized carbons (Fsp3) is 0.438. The number of hydrogen-bond donors (Lipinski definition) is 1. The van der Waals surface area contributed by atoms with Gasteiger partial charge in [-0.1, -0.05) is 24.8 Å². The third-order valence-corrected chi connectivity index (χ3v) is 4.29. The fourth-order valence-electron chi connectivity index (χ4n) is 1.85. The van der Waals surface area contributed by atoms with Gasteiger partial charge >= 0.3 is 0 Å². The van der Waals surface area contributed by atoms with Gasteiger partial charge in [-0.05, 0) is 50.5 Å². The van der Waals surface area contributed by atoms with Crippen LogP contribution in [0.3, 0.4) is 0 Å². The molecule has 118 valence electrons. The smallest absolute Gasteiger partial charge is 0.277 e. The summed E-state index contributed by atoms with van der Waals surface area (Å²) in [6.07, 6.45) is 0.917. The number of aryl methyl sites for hydroxylation is 2. The maximum Gasteiger partial charge on any atom is 0.277 e. The second kappa shape index (κ2) is 7.45. The number of aromatic nitrogens is 2. The maximum atomic E-state index is 11.8. The van der Waals surface area contributed by atoms with Crippen molar-refractivity contribution in [1.82, 2.24) is 15.5 Å². The van der Waals surface area contributed by atoms with Crippen molar-refractivity contribution in [1.29, 1.82) is 0 Å². The molecule has 22 heavy (non-hydrogen) atoms. The normalized spacial score (nSPS) is 12.2. The van der Waals surface area contributed by atoms with Crippen LogP contribution in [0, 0.1) is 13.8 Å². The minimum absolute atomic E-state index is 0.0159. The number of benzene rings is 1. The van der Waals surface area contributed by atoms with Crippen LogP contribution in [0.15, 0.2) is 27.8 Å². The molecule has 1 amide bonds. The Bertz CT molecular complexity index is 655. The van der Waals surface area contributed by atoms with Crippen molar-refractivity contribution in [2.24, 2.45) is 0 Å². The van der Waals surface area contributed by atoms with E-state index in [9.17, 15) is 4.79 Å². The lowest BCUT2D eigenvalue weighted by Crippen LogP contribution is -2.31. The molecule has 0 aliphatic rings. The average Bonchev–Trinajstić information content (AvgIpc) is 2.96. The molecule has 0 aliphatic carbocycles. The summed E-state index contributed by atoms with van der Waals surface area (Å²) in [7, 11) is 0. The highest BCUT2D eigenvalue weighted by atomic mass is 32.2. The Kier molecular flexibility index (Phi) is 5.60. The van der Waals surface area contributed by atoms with Crippen molar-refractivity contribution in [3.05, 3.63) is 29.3 Å². The number of thioether (sulfide) groups is 1. The van der Waals surface area contributed by atoms with E-state index in [0.717, 1.165) is 12.0 Å². The monoisotopic (exact) mass is 319 g/mol. The Balaban J connectivity index is 2.05. The Morgan fingerprint density at radius 3 is 2.77 bits per heavy atom. The molecule has 2 rings (SSSR count). The Morgan fingerprint density at radius 1 is 1.32 bits per heavy atom. The minimum atomic E-state index is -0.264. The summed E-state index contributed by atoms with van der Waals surface area (Å²) in [5, 5.41) is 11.1. The van der Waals surface area contributed by atoms with E-state index in [0.29, 0.717) is 17.7 Å². The lowest BCUT2D eigenvalue weighted by atomic mass is 10.1. The number of rotatable bonds is 6. The van der Waals surface area contributed by atoms with Crippen molar-refractivity contribution in [2.75, 3.05) is 6.54 Å². The lowest BCUT2D eigenvalue weighted by Gasteiger charge is -2.08. The van der Waals surface area contributed by atoms with Crippen LogP contribution in [-0.2, 0) is 4.79 Å². The molecule has 0 aliphatic heterocycles. The van der Waals surface area contributed by atoms with Crippen molar-refractivity contribution >= 4 is 17.7 Å². The third kappa shape index (κ3) is 4.10. The zero-order valence-corrected chi connectivity index (χ0v) is 14.2. The fourth-order valence-corrected chi connectivity index (χ4v) is 2.55. The Labute approximate surface area is 134 Å². The average molecular weight is 319 g/mol. The largest absolute Gasteiger partial charge is 0.411 e. The first-order chi connectivity index (χ1) is 10.5. The molecule has 0 bridgehead atoms. The van der Waals surface area contributed by atoms with E-state index in [-0.39, 0.29) is 11.2 Å². The van der Waals surface area contributed by atoms with Gasteiger partial charge in [-0.15, -0.1) is 10.2 Å². The van der Waals surface area contributed by atoms with Crippen LogP contribution in [0.1, 0.15) is 31.4 Å². The molecule has 5 nitrogen and oxygen atoms in total. The van der Waals surface area contributed by atoms with Gasteiger partial charge in [0.1, 0.15) is 0 Å². The van der Waals surface area contributed by atoms with Gasteiger partial charge < -0.3 is 9.73 Å². The number of nitrogens with one attached hydrogen (secondary N) is 1. The van der Waals surface area contributed by atoms with Crippen LogP contribution >= 0.6 is 11.8 Å². The number of carbonyl (C=O) groups excluding carboxylic acids is 1. The van der Waals surface area contributed by atoms with Gasteiger partial charge in [-0.2, -0.15) is 0 Å². The van der Waals surface area contributed by atoms with E-state index in [1.807, 2.05) is 39.0 Å². The van der Waals surface area contributed by atoms with Gasteiger partial charge in [0.25, 0.3) is 5.22 Å². The lowest BCUT2D eigenvalue weighted by molar-refractivity contribution is -0.120. The molecular weight excluding hydrogens is 298 g/mol. The first-order valence-electron chi connectivity index (χ1n) is 7.36. The number of nitrogens with zero attached hydrogens (tertiary/aromatic N) is 2. The molecule has 0 saturated carbocycles. The molecule has 1 aromatic heterocycles. The highest BCUT2D eigenvalue weighted by Crippen LogP contribution is 2.27. The molecule has 6 heteroatoms. The summed E-state index contributed by atoms with van der Waals surface area (Å²) in [6, 6.07) is 6.01. The molecule has 2 aromatic rings. The van der Waals surface area contributed by atoms with Gasteiger partial charge in [0, 0.05) is 12.1 Å². The highest BCUT2D eigenvalue weighted by Gasteiger charge is 2.18. The molecule has 1 heterocycles. The van der Waals surface area contributed by atoms with Gasteiger partial charge in [0.15, 0.2) is 0 Å². The number of carbonyl (C=O) groups is 1. The maximum absolute atomic E-state index is 11.8. The van der Waals surface area contributed by atoms with E-state index in [4.69, 9.17) is 4.42 Å². The summed E-state index contributed by atoms with van der Waals surface area (Å²) in [4.78, 5) is 11.8. The molecule has 0 spiro atoms. The molecule has 1 atom stereocenters. The zero-order valence-electron chi connectivity index (χ0n) is 13.3. The Hall–Kier alpha value is -1.82. The summed E-state index contributed by atoms with van der Waals surface area (Å²) in [6.45, 7) is 8.64. The van der Waals surface area contributed by atoms with Crippen molar-refractivity contribution in [3.8, 4) is 11.5 Å². The van der Waals surface area contributed by atoms with Crippen LogP contribution in [-0.4, -0.2) is 27.9 Å². The van der Waals surface area contributed by atoms with E-state index in [1.54, 1.807) is 0 Å². The number of amides is 1. The van der Waals surface area contributed by atoms with Crippen LogP contribution in [0.4, 0.5) is 0 Å². The standard InChI is InChI=1S/C16H21N3O2S/c1-5-8-17-14(20)12(4)22-16-19-18-15(21-16)13-7-6-10(2)11(3)9-13/h6-7,9,12H,5,8H2,1-4H3,(H,17,20)/t12-/m0/s1. The Morgan fingerprint density at radius 2 is 2.09 bits per heavy atom. The predicted molar refractivity (Wildman–Crippen MR) is 87.8 cm³/mol. The van der Waals surface area contributed by atoms with Gasteiger partial charge in [-0.3, -0.25) is 4.79 Å². The van der Waals surface area contributed by atoms with E-state index >= 15 is 0 Å². The molecule has 0 fully saturated rings. The summed E-state index contributed by atoms with van der Waals surface area (Å²) >= 11 is 1.27. The molecule has 0 unspecified atom stereocenters.